The van der Waals surface area contributed by atoms with E-state index in [2.05, 4.69) is 16.4 Å². The summed E-state index contributed by atoms with van der Waals surface area (Å²) in [6, 6.07) is 14.8. The molecule has 0 saturated carbocycles. The molecular weight excluding hydrogens is 330 g/mol. The summed E-state index contributed by atoms with van der Waals surface area (Å²) in [5, 5.41) is 13.2. The maximum Gasteiger partial charge on any atom is 0.242 e. The van der Waals surface area contributed by atoms with E-state index in [4.69, 9.17) is 9.47 Å². The Morgan fingerprint density at radius 1 is 1.15 bits per heavy atom. The Balaban J connectivity index is 1.76. The molecule has 26 heavy (non-hydrogen) atoms. The summed E-state index contributed by atoms with van der Waals surface area (Å²) in [6.45, 7) is 0. The number of carbonyl (C=O) groups excluding carboxylic acids is 1. The molecule has 1 unspecified atom stereocenters. The van der Waals surface area contributed by atoms with Gasteiger partial charge in [-0.25, -0.2) is 0 Å². The first-order chi connectivity index (χ1) is 12.6. The monoisotopic (exact) mass is 349 g/mol. The third-order valence-corrected chi connectivity index (χ3v) is 4.23. The van der Waals surface area contributed by atoms with Gasteiger partial charge in [0.05, 0.1) is 20.3 Å². The van der Waals surface area contributed by atoms with Crippen LogP contribution in [0.2, 0.25) is 0 Å². The van der Waals surface area contributed by atoms with Crippen molar-refractivity contribution >= 4 is 22.5 Å². The van der Waals surface area contributed by atoms with Gasteiger partial charge in [0.15, 0.2) is 0 Å². The molecule has 2 N–H and O–H groups in total. The van der Waals surface area contributed by atoms with Crippen molar-refractivity contribution in [2.24, 2.45) is 5.92 Å². The fourth-order valence-electron chi connectivity index (χ4n) is 2.77. The first kappa shape index (κ1) is 17.4. The van der Waals surface area contributed by atoms with Crippen LogP contribution >= 0.6 is 0 Å². The third kappa shape index (κ3) is 3.62. The van der Waals surface area contributed by atoms with Crippen molar-refractivity contribution in [3.8, 4) is 17.6 Å². The van der Waals surface area contributed by atoms with E-state index in [9.17, 15) is 10.1 Å². The quantitative estimate of drug-likeness (QED) is 0.713. The number of aromatic amines is 1. The van der Waals surface area contributed by atoms with Crippen LogP contribution in [0.5, 0.6) is 11.5 Å². The van der Waals surface area contributed by atoms with E-state index < -0.39 is 5.92 Å². The molecule has 3 aromatic rings. The van der Waals surface area contributed by atoms with E-state index in [1.807, 2.05) is 24.4 Å². The van der Waals surface area contributed by atoms with Gasteiger partial charge in [0, 0.05) is 22.8 Å². The lowest BCUT2D eigenvalue weighted by atomic mass is 9.99. The van der Waals surface area contributed by atoms with E-state index in [0.29, 0.717) is 17.9 Å². The summed E-state index contributed by atoms with van der Waals surface area (Å²) < 4.78 is 10.3. The van der Waals surface area contributed by atoms with Crippen molar-refractivity contribution in [1.29, 1.82) is 5.26 Å². The number of amides is 1. The smallest absolute Gasteiger partial charge is 0.242 e. The minimum absolute atomic E-state index is 0.311. The molecule has 0 fully saturated rings. The van der Waals surface area contributed by atoms with Crippen LogP contribution in [-0.4, -0.2) is 25.1 Å². The molecule has 6 nitrogen and oxygen atoms in total. The van der Waals surface area contributed by atoms with Crippen LogP contribution < -0.4 is 14.8 Å². The second-order valence-corrected chi connectivity index (χ2v) is 5.83. The average Bonchev–Trinajstić information content (AvgIpc) is 3.08. The van der Waals surface area contributed by atoms with Crippen molar-refractivity contribution < 1.29 is 14.3 Å². The maximum absolute atomic E-state index is 12.5. The second-order valence-electron chi connectivity index (χ2n) is 5.83. The minimum Gasteiger partial charge on any atom is -0.497 e. The number of fused-ring (bicyclic) bond motifs is 1. The molecule has 0 saturated heterocycles. The normalized spacial score (nSPS) is 11.6. The Hall–Kier alpha value is -3.46. The fourth-order valence-corrected chi connectivity index (χ4v) is 2.77. The zero-order chi connectivity index (χ0) is 18.5. The molecule has 6 heteroatoms. The van der Waals surface area contributed by atoms with Crippen LogP contribution in [0.1, 0.15) is 5.56 Å². The van der Waals surface area contributed by atoms with Crippen LogP contribution in [0.25, 0.3) is 10.9 Å². The topological polar surface area (TPSA) is 87.1 Å². The van der Waals surface area contributed by atoms with Crippen molar-refractivity contribution in [1.82, 2.24) is 4.98 Å². The molecule has 2 aromatic carbocycles. The molecule has 132 valence electrons. The first-order valence-corrected chi connectivity index (χ1v) is 8.13. The zero-order valence-corrected chi connectivity index (χ0v) is 14.6. The Bertz CT molecular complexity index is 955. The lowest BCUT2D eigenvalue weighted by molar-refractivity contribution is -0.118. The average molecular weight is 349 g/mol. The lowest BCUT2D eigenvalue weighted by Gasteiger charge is -2.10. The van der Waals surface area contributed by atoms with Crippen LogP contribution in [0.15, 0.2) is 48.7 Å². The van der Waals surface area contributed by atoms with Gasteiger partial charge in [-0.1, -0.05) is 0 Å². The van der Waals surface area contributed by atoms with Crippen molar-refractivity contribution in [3.05, 3.63) is 54.2 Å². The molecule has 0 aliphatic carbocycles. The van der Waals surface area contributed by atoms with Gasteiger partial charge in [-0.15, -0.1) is 0 Å². The highest BCUT2D eigenvalue weighted by Gasteiger charge is 2.20. The van der Waals surface area contributed by atoms with Crippen molar-refractivity contribution in [2.45, 2.75) is 6.42 Å². The van der Waals surface area contributed by atoms with Crippen molar-refractivity contribution in [2.75, 3.05) is 19.5 Å². The Morgan fingerprint density at radius 2 is 1.85 bits per heavy atom. The number of hydrogen-bond acceptors (Lipinski definition) is 4. The number of nitrogens with zero attached hydrogens (tertiary/aromatic N) is 1. The molecule has 0 aliphatic heterocycles. The van der Waals surface area contributed by atoms with E-state index in [-0.39, 0.29) is 5.91 Å². The summed E-state index contributed by atoms with van der Waals surface area (Å²) in [6.07, 6.45) is 2.14. The molecule has 0 aliphatic rings. The van der Waals surface area contributed by atoms with Gasteiger partial charge in [0.25, 0.3) is 0 Å². The molecule has 3 rings (SSSR count). The van der Waals surface area contributed by atoms with Gasteiger partial charge in [-0.2, -0.15) is 5.26 Å². The second kappa shape index (κ2) is 7.62. The molecule has 0 radical (unpaired) electrons. The van der Waals surface area contributed by atoms with E-state index >= 15 is 0 Å². The highest BCUT2D eigenvalue weighted by molar-refractivity contribution is 5.95. The summed E-state index contributed by atoms with van der Waals surface area (Å²) in [7, 11) is 3.18. The first-order valence-electron chi connectivity index (χ1n) is 8.13. The predicted molar refractivity (Wildman–Crippen MR) is 99.3 cm³/mol. The Kier molecular flexibility index (Phi) is 5.09. The number of methoxy groups -OCH3 is 2. The minimum atomic E-state index is -0.803. The van der Waals surface area contributed by atoms with E-state index in [1.54, 1.807) is 38.5 Å². The van der Waals surface area contributed by atoms with E-state index in [0.717, 1.165) is 22.2 Å². The molecule has 0 spiro atoms. The third-order valence-electron chi connectivity index (χ3n) is 4.23. The Labute approximate surface area is 151 Å². The van der Waals surface area contributed by atoms with Crippen LogP contribution in [-0.2, 0) is 11.2 Å². The number of nitriles is 1. The van der Waals surface area contributed by atoms with Gasteiger partial charge in [-0.05, 0) is 54.4 Å². The highest BCUT2D eigenvalue weighted by Crippen LogP contribution is 2.26. The predicted octanol–water partition coefficient (Wildman–Crippen LogP) is 3.51. The number of anilines is 1. The molecule has 1 heterocycles. The van der Waals surface area contributed by atoms with Crippen LogP contribution in [0.4, 0.5) is 5.69 Å². The number of H-pyrrole nitrogens is 1. The number of rotatable bonds is 6. The zero-order valence-electron chi connectivity index (χ0n) is 14.6. The maximum atomic E-state index is 12.5. The van der Waals surface area contributed by atoms with Gasteiger partial charge in [0.1, 0.15) is 17.4 Å². The molecular formula is C20H19N3O3. The largest absolute Gasteiger partial charge is 0.497 e. The standard InChI is InChI=1S/C20H19N3O3/c1-25-16-5-3-15(4-6-16)23-20(24)13(11-21)9-14-12-22-19-8-7-17(26-2)10-18(14)19/h3-8,10,12-13,22H,9H2,1-2H3,(H,23,24). The summed E-state index contributed by atoms with van der Waals surface area (Å²) >= 11 is 0. The van der Waals surface area contributed by atoms with Crippen LogP contribution in [0, 0.1) is 17.2 Å². The number of aromatic nitrogens is 1. The summed E-state index contributed by atoms with van der Waals surface area (Å²) in [4.78, 5) is 15.6. The van der Waals surface area contributed by atoms with Gasteiger partial charge >= 0.3 is 0 Å². The number of ether oxygens (including phenoxy) is 2. The molecule has 1 atom stereocenters. The summed E-state index contributed by atoms with van der Waals surface area (Å²) in [5.41, 5.74) is 2.46. The number of carbonyl (C=O) groups is 1. The molecule has 0 bridgehead atoms. The lowest BCUT2D eigenvalue weighted by Crippen LogP contribution is -2.23. The highest BCUT2D eigenvalue weighted by atomic mass is 16.5. The van der Waals surface area contributed by atoms with E-state index in [1.165, 1.54) is 0 Å². The van der Waals surface area contributed by atoms with Gasteiger partial charge < -0.3 is 19.8 Å². The summed E-state index contributed by atoms with van der Waals surface area (Å²) in [5.74, 6) is 0.291. The number of benzene rings is 2. The Morgan fingerprint density at radius 3 is 2.50 bits per heavy atom. The number of hydrogen-bond donors (Lipinski definition) is 2. The van der Waals surface area contributed by atoms with Gasteiger partial charge in [0.2, 0.25) is 5.91 Å². The number of nitrogens with one attached hydrogen (secondary N) is 2. The van der Waals surface area contributed by atoms with Crippen molar-refractivity contribution in [3.63, 3.8) is 0 Å². The fraction of sp³-hybridized carbons (Fsp3) is 0.200. The molecule has 1 amide bonds. The van der Waals surface area contributed by atoms with Gasteiger partial charge in [-0.3, -0.25) is 4.79 Å². The molecule has 1 aromatic heterocycles. The SMILES string of the molecule is COc1ccc(NC(=O)C(C#N)Cc2c[nH]c3ccc(OC)cc23)cc1. The van der Waals surface area contributed by atoms with Crippen LogP contribution in [0.3, 0.4) is 0 Å².